The molecule has 7 heteroatoms. The zero-order valence-corrected chi connectivity index (χ0v) is 17.7. The molecule has 30 heavy (non-hydrogen) atoms. The maximum absolute atomic E-state index is 12.5. The van der Waals surface area contributed by atoms with Gasteiger partial charge in [-0.2, -0.15) is 0 Å². The highest BCUT2D eigenvalue weighted by atomic mass is 16.5. The Bertz CT molecular complexity index is 744. The standard InChI is InChI=1S/C23H33N3O4/c27-22(24-8-1-9-25-10-13-29-14-11-25)7-3-18-2-6-21-20(16-18)17-26(12-15-30-21)23(28)19-4-5-19/h2,6,16,19H,1,3-5,7-15,17H2,(H,24,27). The lowest BCUT2D eigenvalue weighted by Gasteiger charge is -2.26. The molecule has 2 aliphatic heterocycles. The van der Waals surface area contributed by atoms with Gasteiger partial charge in [-0.25, -0.2) is 0 Å². The van der Waals surface area contributed by atoms with Crippen LogP contribution in [0.15, 0.2) is 18.2 Å². The predicted octanol–water partition coefficient (Wildman–Crippen LogP) is 1.59. The van der Waals surface area contributed by atoms with Crippen LogP contribution in [0.4, 0.5) is 0 Å². The molecule has 1 aromatic rings. The lowest BCUT2D eigenvalue weighted by atomic mass is 10.0. The Kier molecular flexibility index (Phi) is 7.23. The molecule has 1 aromatic carbocycles. The highest BCUT2D eigenvalue weighted by Gasteiger charge is 2.34. The second kappa shape index (κ2) is 10.3. The second-order valence-corrected chi connectivity index (χ2v) is 8.48. The Labute approximate surface area is 178 Å². The fourth-order valence-electron chi connectivity index (χ4n) is 4.08. The van der Waals surface area contributed by atoms with Gasteiger partial charge in [0.25, 0.3) is 0 Å². The van der Waals surface area contributed by atoms with Gasteiger partial charge in [-0.05, 0) is 43.9 Å². The van der Waals surface area contributed by atoms with Crippen LogP contribution in [0.2, 0.25) is 0 Å². The molecule has 1 aliphatic carbocycles. The number of carbonyl (C=O) groups is 2. The number of benzene rings is 1. The Morgan fingerprint density at radius 1 is 1.10 bits per heavy atom. The van der Waals surface area contributed by atoms with Gasteiger partial charge in [0.15, 0.2) is 0 Å². The fourth-order valence-corrected chi connectivity index (χ4v) is 4.08. The third kappa shape index (κ3) is 5.95. The number of nitrogens with zero attached hydrogens (tertiary/aromatic N) is 2. The number of rotatable bonds is 8. The number of nitrogens with one attached hydrogen (secondary N) is 1. The lowest BCUT2D eigenvalue weighted by molar-refractivity contribution is -0.133. The molecule has 0 bridgehead atoms. The summed E-state index contributed by atoms with van der Waals surface area (Å²) >= 11 is 0. The summed E-state index contributed by atoms with van der Waals surface area (Å²) in [5.41, 5.74) is 2.16. The zero-order chi connectivity index (χ0) is 20.8. The van der Waals surface area contributed by atoms with Gasteiger partial charge in [-0.15, -0.1) is 0 Å². The summed E-state index contributed by atoms with van der Waals surface area (Å²) in [7, 11) is 0. The molecule has 7 nitrogen and oxygen atoms in total. The monoisotopic (exact) mass is 415 g/mol. The topological polar surface area (TPSA) is 71.1 Å². The molecular formula is C23H33N3O4. The minimum Gasteiger partial charge on any atom is -0.491 e. The molecular weight excluding hydrogens is 382 g/mol. The minimum atomic E-state index is 0.0914. The van der Waals surface area contributed by atoms with Gasteiger partial charge in [0, 0.05) is 44.1 Å². The number of aryl methyl sites for hydroxylation is 1. The number of ether oxygens (including phenoxy) is 2. The summed E-state index contributed by atoms with van der Waals surface area (Å²) in [5, 5.41) is 3.03. The van der Waals surface area contributed by atoms with Crippen molar-refractivity contribution in [3.63, 3.8) is 0 Å². The van der Waals surface area contributed by atoms with E-state index in [4.69, 9.17) is 9.47 Å². The van der Waals surface area contributed by atoms with Crippen molar-refractivity contribution < 1.29 is 19.1 Å². The van der Waals surface area contributed by atoms with Crippen molar-refractivity contribution in [1.82, 2.24) is 15.1 Å². The largest absolute Gasteiger partial charge is 0.491 e. The number of fused-ring (bicyclic) bond motifs is 1. The highest BCUT2D eigenvalue weighted by molar-refractivity contribution is 5.81. The number of amides is 2. The van der Waals surface area contributed by atoms with E-state index in [9.17, 15) is 9.59 Å². The predicted molar refractivity (Wildman–Crippen MR) is 113 cm³/mol. The molecule has 1 saturated carbocycles. The van der Waals surface area contributed by atoms with Crippen molar-refractivity contribution >= 4 is 11.8 Å². The molecule has 0 aromatic heterocycles. The Hall–Kier alpha value is -2.12. The van der Waals surface area contributed by atoms with Crippen molar-refractivity contribution in [2.24, 2.45) is 5.92 Å². The van der Waals surface area contributed by atoms with Gasteiger partial charge in [0.05, 0.1) is 19.8 Å². The molecule has 4 rings (SSSR count). The molecule has 0 atom stereocenters. The Balaban J connectivity index is 1.21. The van der Waals surface area contributed by atoms with Crippen LogP contribution < -0.4 is 10.1 Å². The van der Waals surface area contributed by atoms with Gasteiger partial charge < -0.3 is 19.7 Å². The van der Waals surface area contributed by atoms with E-state index in [1.807, 2.05) is 17.0 Å². The molecule has 1 N–H and O–H groups in total. The van der Waals surface area contributed by atoms with Crippen LogP contribution >= 0.6 is 0 Å². The van der Waals surface area contributed by atoms with Crippen molar-refractivity contribution in [2.75, 3.05) is 52.5 Å². The van der Waals surface area contributed by atoms with Crippen LogP contribution in [0.1, 0.15) is 36.8 Å². The molecule has 3 aliphatic rings. The smallest absolute Gasteiger partial charge is 0.226 e. The van der Waals surface area contributed by atoms with Crippen molar-refractivity contribution in [2.45, 2.75) is 38.6 Å². The lowest BCUT2D eigenvalue weighted by Crippen LogP contribution is -2.38. The van der Waals surface area contributed by atoms with Crippen molar-refractivity contribution in [3.8, 4) is 5.75 Å². The van der Waals surface area contributed by atoms with Crippen molar-refractivity contribution in [1.29, 1.82) is 0 Å². The molecule has 2 fully saturated rings. The van der Waals surface area contributed by atoms with E-state index in [-0.39, 0.29) is 17.7 Å². The quantitative estimate of drug-likeness (QED) is 0.653. The van der Waals surface area contributed by atoms with Crippen LogP contribution in [0.25, 0.3) is 0 Å². The Morgan fingerprint density at radius 2 is 1.93 bits per heavy atom. The first-order chi connectivity index (χ1) is 14.7. The van der Waals surface area contributed by atoms with E-state index in [1.165, 1.54) is 0 Å². The summed E-state index contributed by atoms with van der Waals surface area (Å²) in [5.74, 6) is 1.43. The number of morpholine rings is 1. The summed E-state index contributed by atoms with van der Waals surface area (Å²) in [4.78, 5) is 29.0. The van der Waals surface area contributed by atoms with Gasteiger partial charge in [0.2, 0.25) is 11.8 Å². The summed E-state index contributed by atoms with van der Waals surface area (Å²) in [6.45, 7) is 7.10. The molecule has 1 saturated heterocycles. The Morgan fingerprint density at radius 3 is 2.73 bits per heavy atom. The first-order valence-electron chi connectivity index (χ1n) is 11.3. The molecule has 0 radical (unpaired) electrons. The van der Waals surface area contributed by atoms with Gasteiger partial charge in [0.1, 0.15) is 12.4 Å². The minimum absolute atomic E-state index is 0.0914. The maximum Gasteiger partial charge on any atom is 0.226 e. The zero-order valence-electron chi connectivity index (χ0n) is 17.7. The summed E-state index contributed by atoms with van der Waals surface area (Å²) < 4.78 is 11.2. The highest BCUT2D eigenvalue weighted by Crippen LogP contribution is 2.33. The van der Waals surface area contributed by atoms with Crippen LogP contribution in [0.3, 0.4) is 0 Å². The third-order valence-electron chi connectivity index (χ3n) is 6.06. The van der Waals surface area contributed by atoms with Gasteiger partial charge in [-0.1, -0.05) is 12.1 Å². The summed E-state index contributed by atoms with van der Waals surface area (Å²) in [6.07, 6.45) is 4.17. The van der Waals surface area contributed by atoms with E-state index >= 15 is 0 Å². The van der Waals surface area contributed by atoms with E-state index in [1.54, 1.807) is 0 Å². The van der Waals surface area contributed by atoms with Gasteiger partial charge in [-0.3, -0.25) is 14.5 Å². The molecule has 2 heterocycles. The van der Waals surface area contributed by atoms with Crippen LogP contribution in [0, 0.1) is 5.92 Å². The first-order valence-corrected chi connectivity index (χ1v) is 11.3. The molecule has 164 valence electrons. The van der Waals surface area contributed by atoms with E-state index in [0.29, 0.717) is 39.1 Å². The molecule has 0 spiro atoms. The first kappa shape index (κ1) is 21.1. The number of hydrogen-bond donors (Lipinski definition) is 1. The van der Waals surface area contributed by atoms with E-state index < -0.39 is 0 Å². The number of carbonyl (C=O) groups excluding carboxylic acids is 2. The fraction of sp³-hybridized carbons (Fsp3) is 0.652. The maximum atomic E-state index is 12.5. The van der Waals surface area contributed by atoms with Crippen LogP contribution in [-0.4, -0.2) is 74.2 Å². The average Bonchev–Trinajstić information content (AvgIpc) is 3.62. The van der Waals surface area contributed by atoms with Crippen LogP contribution in [-0.2, 0) is 27.3 Å². The normalized spacial score (nSPS) is 19.5. The van der Waals surface area contributed by atoms with Crippen molar-refractivity contribution in [3.05, 3.63) is 29.3 Å². The van der Waals surface area contributed by atoms with Crippen LogP contribution in [0.5, 0.6) is 5.75 Å². The van der Waals surface area contributed by atoms with E-state index in [0.717, 1.165) is 69.0 Å². The van der Waals surface area contributed by atoms with E-state index in [2.05, 4.69) is 16.3 Å². The third-order valence-corrected chi connectivity index (χ3v) is 6.06. The number of hydrogen-bond acceptors (Lipinski definition) is 5. The molecule has 0 unspecified atom stereocenters. The second-order valence-electron chi connectivity index (χ2n) is 8.48. The SMILES string of the molecule is O=C(CCc1ccc2c(c1)CN(C(=O)C1CC1)CCO2)NCCCN1CCOCC1. The average molecular weight is 416 g/mol. The molecule has 2 amide bonds. The van der Waals surface area contributed by atoms with Gasteiger partial charge >= 0.3 is 0 Å². The summed E-state index contributed by atoms with van der Waals surface area (Å²) in [6, 6.07) is 6.11.